The number of pyridine rings is 1. The number of nitrogens with zero attached hydrogens (tertiary/aromatic N) is 7. The molecule has 1 N–H and O–H groups in total. The van der Waals surface area contributed by atoms with Gasteiger partial charge in [-0.3, -0.25) is 9.69 Å². The van der Waals surface area contributed by atoms with Gasteiger partial charge in [0.15, 0.2) is 5.82 Å². The Hall–Kier alpha value is -4.41. The number of carbonyl (C=O) groups excluding carboxylic acids is 1. The summed E-state index contributed by atoms with van der Waals surface area (Å²) in [6.45, 7) is 4.29. The van der Waals surface area contributed by atoms with Crippen molar-refractivity contribution in [1.82, 2.24) is 30.1 Å². The molecule has 37 heavy (non-hydrogen) atoms. The number of rotatable bonds is 5. The molecule has 190 valence electrons. The minimum Gasteiger partial charge on any atom is -0.465 e. The summed E-state index contributed by atoms with van der Waals surface area (Å²) in [5, 5.41) is 23.3. The molecule has 1 aliphatic rings. The van der Waals surface area contributed by atoms with E-state index in [2.05, 4.69) is 20.4 Å². The molecule has 2 aromatic heterocycles. The standard InChI is InChI=1S/C26H26FN7O3/c1-3-22-29-31-34(30-22)18-9-10-20(21(27)14-18)25(35)33(19-8-5-13-32(15-19)26(36)37)24-23-16(2)6-4-7-17(23)11-12-28-24/h4,6-7,9-12,14,19H,3,5,8,13,15H2,1-2H3,(H,36,37)/t19-/m1/s1. The second kappa shape index (κ2) is 9.92. The number of aromatic nitrogens is 5. The zero-order chi connectivity index (χ0) is 26.1. The molecule has 1 saturated heterocycles. The normalized spacial score (nSPS) is 15.6. The third-order valence-corrected chi connectivity index (χ3v) is 6.64. The fourth-order valence-electron chi connectivity index (χ4n) is 4.77. The van der Waals surface area contributed by atoms with Crippen molar-refractivity contribution in [2.45, 2.75) is 39.2 Å². The van der Waals surface area contributed by atoms with Gasteiger partial charge in [0.05, 0.1) is 17.3 Å². The number of amides is 2. The molecule has 1 aliphatic heterocycles. The number of piperidine rings is 1. The monoisotopic (exact) mass is 503 g/mol. The number of benzene rings is 2. The maximum Gasteiger partial charge on any atom is 0.407 e. The Morgan fingerprint density at radius 1 is 1.22 bits per heavy atom. The lowest BCUT2D eigenvalue weighted by Gasteiger charge is -2.38. The first kappa shape index (κ1) is 24.3. The Labute approximate surface area is 212 Å². The summed E-state index contributed by atoms with van der Waals surface area (Å²) in [6, 6.07) is 11.2. The average Bonchev–Trinajstić information content (AvgIpc) is 3.38. The summed E-state index contributed by atoms with van der Waals surface area (Å²) < 4.78 is 15.5. The van der Waals surface area contributed by atoms with Gasteiger partial charge in [0.2, 0.25) is 0 Å². The van der Waals surface area contributed by atoms with E-state index in [-0.39, 0.29) is 12.1 Å². The van der Waals surface area contributed by atoms with Gasteiger partial charge in [-0.15, -0.1) is 15.0 Å². The Morgan fingerprint density at radius 3 is 2.78 bits per heavy atom. The van der Waals surface area contributed by atoms with E-state index in [0.29, 0.717) is 43.1 Å². The van der Waals surface area contributed by atoms with Gasteiger partial charge in [0.1, 0.15) is 11.6 Å². The van der Waals surface area contributed by atoms with E-state index < -0.39 is 23.9 Å². The molecule has 3 heterocycles. The van der Waals surface area contributed by atoms with Crippen LogP contribution in [0.15, 0.2) is 48.7 Å². The number of tetrazole rings is 1. The van der Waals surface area contributed by atoms with E-state index >= 15 is 4.39 Å². The van der Waals surface area contributed by atoms with Crippen molar-refractivity contribution in [1.29, 1.82) is 0 Å². The molecule has 4 aromatic rings. The molecule has 5 rings (SSSR count). The van der Waals surface area contributed by atoms with Crippen LogP contribution in [-0.2, 0) is 6.42 Å². The molecular formula is C26H26FN7O3. The van der Waals surface area contributed by atoms with Crippen molar-refractivity contribution in [2.75, 3.05) is 18.0 Å². The number of carbonyl (C=O) groups is 2. The highest BCUT2D eigenvalue weighted by atomic mass is 19.1. The first-order chi connectivity index (χ1) is 17.9. The largest absolute Gasteiger partial charge is 0.465 e. The highest BCUT2D eigenvalue weighted by molar-refractivity contribution is 6.11. The molecule has 0 saturated carbocycles. The van der Waals surface area contributed by atoms with Gasteiger partial charge >= 0.3 is 6.09 Å². The summed E-state index contributed by atoms with van der Waals surface area (Å²) in [7, 11) is 0. The van der Waals surface area contributed by atoms with E-state index in [1.54, 1.807) is 12.3 Å². The Kier molecular flexibility index (Phi) is 6.51. The number of carboxylic acid groups (broad SMARTS) is 1. The molecule has 0 unspecified atom stereocenters. The van der Waals surface area contributed by atoms with Crippen LogP contribution in [0.1, 0.15) is 41.5 Å². The highest BCUT2D eigenvalue weighted by Gasteiger charge is 2.35. The van der Waals surface area contributed by atoms with Crippen LogP contribution in [0.25, 0.3) is 16.5 Å². The minimum atomic E-state index is -1.05. The minimum absolute atomic E-state index is 0.105. The van der Waals surface area contributed by atoms with Gasteiger partial charge in [-0.2, -0.15) is 0 Å². The lowest BCUT2D eigenvalue weighted by atomic mass is 10.00. The molecular weight excluding hydrogens is 477 g/mol. The van der Waals surface area contributed by atoms with Crippen molar-refractivity contribution < 1.29 is 19.1 Å². The lowest BCUT2D eigenvalue weighted by Crippen LogP contribution is -2.52. The van der Waals surface area contributed by atoms with Crippen molar-refractivity contribution >= 4 is 28.6 Å². The maximum atomic E-state index is 15.5. The number of hydrogen-bond donors (Lipinski definition) is 1. The summed E-state index contributed by atoms with van der Waals surface area (Å²) in [6.07, 6.45) is 2.27. The molecule has 0 bridgehead atoms. The molecule has 2 amide bonds. The number of fused-ring (bicyclic) bond motifs is 1. The first-order valence-electron chi connectivity index (χ1n) is 12.1. The van der Waals surface area contributed by atoms with E-state index in [1.807, 2.05) is 38.1 Å². The molecule has 1 fully saturated rings. The van der Waals surface area contributed by atoms with Crippen LogP contribution in [0, 0.1) is 12.7 Å². The van der Waals surface area contributed by atoms with Gasteiger partial charge < -0.3 is 10.0 Å². The van der Waals surface area contributed by atoms with Crippen LogP contribution < -0.4 is 4.90 Å². The fraction of sp³-hybridized carbons (Fsp3) is 0.308. The Bertz CT molecular complexity index is 1480. The number of likely N-dealkylation sites (tertiary alicyclic amines) is 1. The van der Waals surface area contributed by atoms with Crippen LogP contribution in [0.2, 0.25) is 0 Å². The molecule has 1 atom stereocenters. The number of hydrogen-bond acceptors (Lipinski definition) is 6. The molecule has 2 aromatic carbocycles. The second-order valence-corrected chi connectivity index (χ2v) is 9.02. The molecule has 0 aliphatic carbocycles. The van der Waals surface area contributed by atoms with Gasteiger partial charge in [0, 0.05) is 37.2 Å². The third-order valence-electron chi connectivity index (χ3n) is 6.64. The number of aryl methyl sites for hydroxylation is 2. The summed E-state index contributed by atoms with van der Waals surface area (Å²) in [4.78, 5) is 34.3. The summed E-state index contributed by atoms with van der Waals surface area (Å²) in [5.74, 6) is -0.438. The topological polar surface area (TPSA) is 117 Å². The van der Waals surface area contributed by atoms with Gasteiger partial charge in [0.25, 0.3) is 5.91 Å². The van der Waals surface area contributed by atoms with Crippen LogP contribution in [0.4, 0.5) is 15.0 Å². The van der Waals surface area contributed by atoms with E-state index in [0.717, 1.165) is 16.3 Å². The van der Waals surface area contributed by atoms with Gasteiger partial charge in [-0.25, -0.2) is 14.2 Å². The Balaban J connectivity index is 1.60. The Morgan fingerprint density at radius 2 is 2.05 bits per heavy atom. The third kappa shape index (κ3) is 4.59. The molecule has 10 nitrogen and oxygen atoms in total. The van der Waals surface area contributed by atoms with Crippen LogP contribution >= 0.6 is 0 Å². The van der Waals surface area contributed by atoms with Gasteiger partial charge in [-0.1, -0.05) is 25.1 Å². The van der Waals surface area contributed by atoms with Crippen LogP contribution in [0.5, 0.6) is 0 Å². The van der Waals surface area contributed by atoms with Crippen LogP contribution in [-0.4, -0.2) is 66.3 Å². The fourth-order valence-corrected chi connectivity index (χ4v) is 4.77. The predicted molar refractivity (Wildman–Crippen MR) is 134 cm³/mol. The molecule has 11 heteroatoms. The lowest BCUT2D eigenvalue weighted by molar-refractivity contribution is 0.0938. The predicted octanol–water partition coefficient (Wildman–Crippen LogP) is 4.01. The van der Waals surface area contributed by atoms with Crippen LogP contribution in [0.3, 0.4) is 0 Å². The second-order valence-electron chi connectivity index (χ2n) is 9.02. The first-order valence-corrected chi connectivity index (χ1v) is 12.1. The zero-order valence-corrected chi connectivity index (χ0v) is 20.5. The van der Waals surface area contributed by atoms with E-state index in [9.17, 15) is 14.7 Å². The van der Waals surface area contributed by atoms with E-state index in [4.69, 9.17) is 0 Å². The number of anilines is 1. The van der Waals surface area contributed by atoms with Crippen molar-refractivity contribution in [2.24, 2.45) is 0 Å². The SMILES string of the molecule is CCc1nnn(-c2ccc(C(=O)N(c3nccc4cccc(C)c34)[C@@H]3CCCN(C(=O)O)C3)c(F)c2)n1. The smallest absolute Gasteiger partial charge is 0.407 e. The molecule has 0 radical (unpaired) electrons. The average molecular weight is 504 g/mol. The van der Waals surface area contributed by atoms with Gasteiger partial charge in [-0.05, 0) is 54.1 Å². The molecule has 0 spiro atoms. The summed E-state index contributed by atoms with van der Waals surface area (Å²) in [5.41, 5.74) is 1.09. The quantitative estimate of drug-likeness (QED) is 0.437. The van der Waals surface area contributed by atoms with Crippen molar-refractivity contribution in [3.05, 3.63) is 71.4 Å². The highest BCUT2D eigenvalue weighted by Crippen LogP contribution is 2.32. The maximum absolute atomic E-state index is 15.5. The zero-order valence-electron chi connectivity index (χ0n) is 20.5. The van der Waals surface area contributed by atoms with E-state index in [1.165, 1.54) is 26.7 Å². The summed E-state index contributed by atoms with van der Waals surface area (Å²) >= 11 is 0. The van der Waals surface area contributed by atoms with Crippen molar-refractivity contribution in [3.8, 4) is 5.69 Å². The number of halogens is 1. The van der Waals surface area contributed by atoms with Crippen molar-refractivity contribution in [3.63, 3.8) is 0 Å².